The van der Waals surface area contributed by atoms with Gasteiger partial charge >= 0.3 is 5.97 Å². The molecule has 0 spiro atoms. The molecule has 2 N–H and O–H groups in total. The number of phenols is 1. The lowest BCUT2D eigenvalue weighted by molar-refractivity contribution is -0.142. The molecule has 6 nitrogen and oxygen atoms in total. The summed E-state index contributed by atoms with van der Waals surface area (Å²) in [7, 11) is 1.36. The first kappa shape index (κ1) is 21.9. The minimum atomic E-state index is -0.384. The number of hydrogen-bond acceptors (Lipinski definition) is 6. The van der Waals surface area contributed by atoms with Crippen LogP contribution in [-0.4, -0.2) is 35.0 Å². The maximum atomic E-state index is 11.9. The summed E-state index contributed by atoms with van der Waals surface area (Å²) in [4.78, 5) is 27.3. The number of Topliss-reactive ketones (excluding diaryl/α,β-unsaturated/α-hetero) is 1. The van der Waals surface area contributed by atoms with Crippen molar-refractivity contribution in [1.82, 2.24) is 10.3 Å². The number of nitrogens with one attached hydrogen (secondary N) is 1. The summed E-state index contributed by atoms with van der Waals surface area (Å²) < 4.78 is 4.70. The largest absolute Gasteiger partial charge is 0.508 e. The molecule has 1 aromatic carbocycles. The van der Waals surface area contributed by atoms with Crippen molar-refractivity contribution in [2.45, 2.75) is 32.7 Å². The fraction of sp³-hybridized carbons (Fsp3) is 0.286. The first-order chi connectivity index (χ1) is 13.0. The average molecular weight is 370 g/mol. The Morgan fingerprint density at radius 2 is 1.93 bits per heavy atom. The van der Waals surface area contributed by atoms with E-state index < -0.39 is 0 Å². The van der Waals surface area contributed by atoms with Crippen LogP contribution in [0.5, 0.6) is 5.75 Å². The maximum Gasteiger partial charge on any atom is 0.328 e. The first-order valence-corrected chi connectivity index (χ1v) is 8.66. The quantitative estimate of drug-likeness (QED) is 0.573. The number of pyridine rings is 1. The lowest BCUT2D eigenvalue weighted by Gasteiger charge is -2.16. The maximum absolute atomic E-state index is 11.9. The fourth-order valence-electron chi connectivity index (χ4n) is 2.12. The van der Waals surface area contributed by atoms with Gasteiger partial charge in [0.15, 0.2) is 5.78 Å². The van der Waals surface area contributed by atoms with Crippen molar-refractivity contribution in [3.05, 3.63) is 72.2 Å². The molecule has 0 saturated heterocycles. The van der Waals surface area contributed by atoms with Crippen LogP contribution in [0.25, 0.3) is 0 Å². The molecule has 27 heavy (non-hydrogen) atoms. The Hall–Kier alpha value is -3.15. The second-order valence-corrected chi connectivity index (χ2v) is 5.72. The molecule has 1 heterocycles. The third kappa shape index (κ3) is 8.67. The summed E-state index contributed by atoms with van der Waals surface area (Å²) in [5, 5.41) is 11.7. The molecular weight excluding hydrogens is 344 g/mol. The smallest absolute Gasteiger partial charge is 0.328 e. The van der Waals surface area contributed by atoms with Crippen LogP contribution in [0.15, 0.2) is 66.6 Å². The zero-order chi connectivity index (χ0) is 20.1. The van der Waals surface area contributed by atoms with Crippen LogP contribution < -0.4 is 5.32 Å². The van der Waals surface area contributed by atoms with Gasteiger partial charge in [-0.3, -0.25) is 9.78 Å². The fourth-order valence-corrected chi connectivity index (χ4v) is 2.12. The summed E-state index contributed by atoms with van der Waals surface area (Å²) in [5.74, 6) is 0.00621. The van der Waals surface area contributed by atoms with Crippen LogP contribution in [0.4, 0.5) is 0 Å². The zero-order valence-electron chi connectivity index (χ0n) is 15.9. The van der Waals surface area contributed by atoms with Gasteiger partial charge in [0.25, 0.3) is 0 Å². The predicted molar refractivity (Wildman–Crippen MR) is 104 cm³/mol. The highest BCUT2D eigenvalue weighted by molar-refractivity contribution is 5.96. The van der Waals surface area contributed by atoms with Crippen LogP contribution >= 0.6 is 0 Å². The number of aromatic hydroxyl groups is 1. The van der Waals surface area contributed by atoms with E-state index in [9.17, 15) is 9.59 Å². The molecule has 1 unspecified atom stereocenters. The molecule has 2 rings (SSSR count). The Bertz CT molecular complexity index is 730. The first-order valence-electron chi connectivity index (χ1n) is 8.66. The van der Waals surface area contributed by atoms with Gasteiger partial charge < -0.3 is 15.2 Å². The van der Waals surface area contributed by atoms with Gasteiger partial charge in [0.1, 0.15) is 11.8 Å². The zero-order valence-corrected chi connectivity index (χ0v) is 15.9. The molecule has 6 heteroatoms. The van der Waals surface area contributed by atoms with E-state index in [4.69, 9.17) is 9.84 Å². The molecule has 0 bridgehead atoms. The number of ether oxygens (including phenoxy) is 1. The summed E-state index contributed by atoms with van der Waals surface area (Å²) in [5.41, 5.74) is 1.36. The Morgan fingerprint density at radius 3 is 2.41 bits per heavy atom. The van der Waals surface area contributed by atoms with E-state index >= 15 is 0 Å². The Kier molecular flexibility index (Phi) is 9.93. The van der Waals surface area contributed by atoms with E-state index in [0.29, 0.717) is 17.7 Å². The van der Waals surface area contributed by atoms with E-state index in [-0.39, 0.29) is 24.2 Å². The summed E-state index contributed by atoms with van der Waals surface area (Å²) in [6.45, 7) is 3.71. The molecule has 1 atom stereocenters. The van der Waals surface area contributed by atoms with Crippen LogP contribution in [0, 0.1) is 0 Å². The van der Waals surface area contributed by atoms with Crippen molar-refractivity contribution in [1.29, 1.82) is 0 Å². The molecule has 0 radical (unpaired) electrons. The molecule has 144 valence electrons. The molecule has 0 aliphatic heterocycles. The minimum absolute atomic E-state index is 0.00892. The predicted octanol–water partition coefficient (Wildman–Crippen LogP) is 3.49. The number of allylic oxidation sites excluding steroid dienone is 2. The molecule has 0 aliphatic rings. The van der Waals surface area contributed by atoms with Gasteiger partial charge in [-0.15, -0.1) is 0 Å². The third-order valence-corrected chi connectivity index (χ3v) is 3.63. The number of carbonyl (C=O) groups excluding carboxylic acids is 2. The second-order valence-electron chi connectivity index (χ2n) is 5.72. The third-order valence-electron chi connectivity index (χ3n) is 3.63. The van der Waals surface area contributed by atoms with Gasteiger partial charge in [-0.05, 0) is 37.6 Å². The van der Waals surface area contributed by atoms with Crippen molar-refractivity contribution in [3.8, 4) is 5.75 Å². The highest BCUT2D eigenvalue weighted by Gasteiger charge is 2.16. The highest BCUT2D eigenvalue weighted by atomic mass is 16.5. The lowest BCUT2D eigenvalue weighted by Crippen LogP contribution is -2.35. The molecule has 2 aromatic rings. The van der Waals surface area contributed by atoms with Gasteiger partial charge in [0, 0.05) is 30.1 Å². The topological polar surface area (TPSA) is 88.5 Å². The van der Waals surface area contributed by atoms with Crippen LogP contribution in [0.3, 0.4) is 0 Å². The number of ketones is 1. The normalized spacial score (nSPS) is 11.6. The summed E-state index contributed by atoms with van der Waals surface area (Å²) >= 11 is 0. The minimum Gasteiger partial charge on any atom is -0.508 e. The van der Waals surface area contributed by atoms with E-state index in [0.717, 1.165) is 5.70 Å². The van der Waals surface area contributed by atoms with Crippen molar-refractivity contribution in [2.24, 2.45) is 0 Å². The van der Waals surface area contributed by atoms with Gasteiger partial charge in [0.05, 0.1) is 7.11 Å². The Balaban J connectivity index is 0.000000433. The average Bonchev–Trinajstić information content (AvgIpc) is 2.71. The number of para-hydroxylation sites is 1. The van der Waals surface area contributed by atoms with Crippen molar-refractivity contribution < 1.29 is 19.4 Å². The number of benzene rings is 1. The van der Waals surface area contributed by atoms with E-state index in [1.165, 1.54) is 7.11 Å². The Labute approximate surface area is 159 Å². The van der Waals surface area contributed by atoms with Crippen molar-refractivity contribution in [2.75, 3.05) is 7.11 Å². The molecule has 1 aromatic heterocycles. The van der Waals surface area contributed by atoms with Gasteiger partial charge in [-0.1, -0.05) is 31.2 Å². The number of nitrogens with zero attached hydrogens (tertiary/aromatic N) is 1. The van der Waals surface area contributed by atoms with Gasteiger partial charge in [0.2, 0.25) is 0 Å². The van der Waals surface area contributed by atoms with Crippen LogP contribution in [0.2, 0.25) is 0 Å². The van der Waals surface area contributed by atoms with Crippen LogP contribution in [0.1, 0.15) is 37.0 Å². The number of carbonyl (C=O) groups is 2. The van der Waals surface area contributed by atoms with Gasteiger partial charge in [-0.2, -0.15) is 0 Å². The molecular formula is C21H26N2O4. The number of phenolic OH excluding ortho intramolecular Hbond substituents is 1. The SMILES string of the molecule is CCC(N/C(C)=C\CC(=O)c1cccnc1)C(=O)OC.Oc1ccccc1. The van der Waals surface area contributed by atoms with Crippen molar-refractivity contribution in [3.63, 3.8) is 0 Å². The number of hydrogen-bond donors (Lipinski definition) is 2. The molecule has 0 amide bonds. The molecule has 0 aliphatic carbocycles. The van der Waals surface area contributed by atoms with E-state index in [2.05, 4.69) is 10.3 Å². The molecule has 0 fully saturated rings. The monoisotopic (exact) mass is 370 g/mol. The number of methoxy groups -OCH3 is 1. The molecule has 0 saturated carbocycles. The van der Waals surface area contributed by atoms with Crippen molar-refractivity contribution >= 4 is 11.8 Å². The standard InChI is InChI=1S/C15H20N2O3.C6H6O/c1-4-13(15(19)20-3)17-11(2)7-8-14(18)12-6-5-9-16-10-12;7-6-4-2-1-3-5-6/h5-7,9-10,13,17H,4,8H2,1-3H3;1-5,7H/b11-7-;. The Morgan fingerprint density at radius 1 is 1.22 bits per heavy atom. The highest BCUT2D eigenvalue weighted by Crippen LogP contribution is 2.05. The van der Waals surface area contributed by atoms with Gasteiger partial charge in [-0.25, -0.2) is 4.79 Å². The van der Waals surface area contributed by atoms with E-state index in [1.807, 2.05) is 19.9 Å². The number of aromatic nitrogens is 1. The summed E-state index contributed by atoms with van der Waals surface area (Å²) in [6.07, 6.45) is 5.82. The number of esters is 1. The number of rotatable bonds is 7. The van der Waals surface area contributed by atoms with Crippen LogP contribution in [-0.2, 0) is 9.53 Å². The summed E-state index contributed by atoms with van der Waals surface area (Å²) in [6, 6.07) is 11.8. The second kappa shape index (κ2) is 12.2. The lowest BCUT2D eigenvalue weighted by atomic mass is 10.1. The van der Waals surface area contributed by atoms with E-state index in [1.54, 1.807) is 54.9 Å².